The first kappa shape index (κ1) is 11.2. The van der Waals surface area contributed by atoms with Gasteiger partial charge in [-0.3, -0.25) is 0 Å². The van der Waals surface area contributed by atoms with Gasteiger partial charge in [0.1, 0.15) is 11.6 Å². The van der Waals surface area contributed by atoms with Crippen molar-refractivity contribution in [2.75, 3.05) is 0 Å². The van der Waals surface area contributed by atoms with E-state index in [4.69, 9.17) is 4.74 Å². The van der Waals surface area contributed by atoms with Crippen molar-refractivity contribution in [2.45, 2.75) is 32.8 Å². The summed E-state index contributed by atoms with van der Waals surface area (Å²) in [7, 11) is 0. The number of halogens is 1. The van der Waals surface area contributed by atoms with E-state index in [2.05, 4.69) is 13.8 Å². The minimum Gasteiger partial charge on any atom is -0.490 e. The quantitative estimate of drug-likeness (QED) is 0.744. The standard InChI is InChI=1S/C14H17FO/c1-10(2)3-4-11-5-6-13(9-14(11)15)16-12-7-8-12/h3-6,9-10,12H,7-8H2,1-2H3/b4-3+. The van der Waals surface area contributed by atoms with Gasteiger partial charge in [0.15, 0.2) is 0 Å². The van der Waals surface area contributed by atoms with E-state index in [9.17, 15) is 4.39 Å². The summed E-state index contributed by atoms with van der Waals surface area (Å²) in [6, 6.07) is 5.08. The summed E-state index contributed by atoms with van der Waals surface area (Å²) in [5.41, 5.74) is 0.622. The Hall–Kier alpha value is -1.31. The van der Waals surface area contributed by atoms with Crippen LogP contribution in [0.1, 0.15) is 32.3 Å². The van der Waals surface area contributed by atoms with E-state index in [1.54, 1.807) is 6.07 Å². The first-order valence-electron chi connectivity index (χ1n) is 5.79. The lowest BCUT2D eigenvalue weighted by Crippen LogP contribution is -1.96. The Bertz CT molecular complexity index is 392. The molecular formula is C14H17FO. The summed E-state index contributed by atoms with van der Waals surface area (Å²) < 4.78 is 19.2. The summed E-state index contributed by atoms with van der Waals surface area (Å²) in [6.45, 7) is 4.14. The molecule has 1 aliphatic carbocycles. The molecule has 1 aromatic carbocycles. The largest absolute Gasteiger partial charge is 0.490 e. The van der Waals surface area contributed by atoms with Gasteiger partial charge in [-0.25, -0.2) is 4.39 Å². The van der Waals surface area contributed by atoms with Crippen LogP contribution in [0.3, 0.4) is 0 Å². The Morgan fingerprint density at radius 3 is 2.69 bits per heavy atom. The highest BCUT2D eigenvalue weighted by Gasteiger charge is 2.23. The lowest BCUT2D eigenvalue weighted by molar-refractivity contribution is 0.301. The molecule has 1 aromatic rings. The first-order chi connectivity index (χ1) is 7.65. The van der Waals surface area contributed by atoms with Gasteiger partial charge in [0.2, 0.25) is 0 Å². The van der Waals surface area contributed by atoms with Crippen LogP contribution in [0.25, 0.3) is 6.08 Å². The molecule has 0 saturated heterocycles. The van der Waals surface area contributed by atoms with Gasteiger partial charge in [-0.15, -0.1) is 0 Å². The highest BCUT2D eigenvalue weighted by atomic mass is 19.1. The average Bonchev–Trinajstić information content (AvgIpc) is 3.00. The maximum absolute atomic E-state index is 13.6. The fraction of sp³-hybridized carbons (Fsp3) is 0.429. The summed E-state index contributed by atoms with van der Waals surface area (Å²) in [6.07, 6.45) is 6.31. The van der Waals surface area contributed by atoms with Gasteiger partial charge in [-0.2, -0.15) is 0 Å². The van der Waals surface area contributed by atoms with Gasteiger partial charge >= 0.3 is 0 Å². The van der Waals surface area contributed by atoms with Crippen LogP contribution in [0.5, 0.6) is 5.75 Å². The summed E-state index contributed by atoms with van der Waals surface area (Å²) in [4.78, 5) is 0. The van der Waals surface area contributed by atoms with E-state index in [0.717, 1.165) is 12.8 Å². The van der Waals surface area contributed by atoms with Crippen LogP contribution in [-0.2, 0) is 0 Å². The molecule has 86 valence electrons. The zero-order chi connectivity index (χ0) is 11.5. The zero-order valence-corrected chi connectivity index (χ0v) is 9.74. The average molecular weight is 220 g/mol. The summed E-state index contributed by atoms with van der Waals surface area (Å²) in [5.74, 6) is 0.860. The van der Waals surface area contributed by atoms with Crippen molar-refractivity contribution in [3.8, 4) is 5.75 Å². The molecule has 0 atom stereocenters. The van der Waals surface area contributed by atoms with Gasteiger partial charge in [0, 0.05) is 11.6 Å². The smallest absolute Gasteiger partial charge is 0.134 e. The zero-order valence-electron chi connectivity index (χ0n) is 9.74. The fourth-order valence-corrected chi connectivity index (χ4v) is 1.39. The lowest BCUT2D eigenvalue weighted by Gasteiger charge is -2.05. The maximum Gasteiger partial charge on any atom is 0.134 e. The van der Waals surface area contributed by atoms with Crippen molar-refractivity contribution in [2.24, 2.45) is 5.92 Å². The van der Waals surface area contributed by atoms with E-state index >= 15 is 0 Å². The first-order valence-corrected chi connectivity index (χ1v) is 5.79. The summed E-state index contributed by atoms with van der Waals surface area (Å²) in [5, 5.41) is 0. The van der Waals surface area contributed by atoms with Crippen LogP contribution in [0.2, 0.25) is 0 Å². The van der Waals surface area contributed by atoms with Crippen molar-refractivity contribution >= 4 is 6.08 Å². The topological polar surface area (TPSA) is 9.23 Å². The van der Waals surface area contributed by atoms with Crippen LogP contribution in [0.4, 0.5) is 4.39 Å². The van der Waals surface area contributed by atoms with E-state index in [0.29, 0.717) is 23.3 Å². The molecule has 0 aliphatic heterocycles. The van der Waals surface area contributed by atoms with Crippen LogP contribution in [0.15, 0.2) is 24.3 Å². The molecule has 0 aromatic heterocycles. The van der Waals surface area contributed by atoms with Crippen molar-refractivity contribution < 1.29 is 9.13 Å². The second-order valence-electron chi connectivity index (χ2n) is 4.60. The van der Waals surface area contributed by atoms with Crippen LogP contribution in [-0.4, -0.2) is 6.10 Å². The third-order valence-corrected chi connectivity index (χ3v) is 2.46. The van der Waals surface area contributed by atoms with Gasteiger partial charge in [0.05, 0.1) is 6.10 Å². The Morgan fingerprint density at radius 2 is 2.12 bits per heavy atom. The highest BCUT2D eigenvalue weighted by Crippen LogP contribution is 2.27. The number of rotatable bonds is 4. The van der Waals surface area contributed by atoms with E-state index in [-0.39, 0.29) is 5.82 Å². The molecule has 0 spiro atoms. The number of ether oxygens (including phenoxy) is 1. The number of hydrogen-bond acceptors (Lipinski definition) is 1. The molecule has 16 heavy (non-hydrogen) atoms. The molecule has 1 saturated carbocycles. The van der Waals surface area contributed by atoms with Crippen molar-refractivity contribution in [3.05, 3.63) is 35.7 Å². The Kier molecular flexibility index (Phi) is 3.28. The second-order valence-corrected chi connectivity index (χ2v) is 4.60. The van der Waals surface area contributed by atoms with Crippen LogP contribution >= 0.6 is 0 Å². The highest BCUT2D eigenvalue weighted by molar-refractivity contribution is 5.51. The molecular weight excluding hydrogens is 203 g/mol. The van der Waals surface area contributed by atoms with Gasteiger partial charge < -0.3 is 4.74 Å². The van der Waals surface area contributed by atoms with Crippen molar-refractivity contribution in [1.29, 1.82) is 0 Å². The molecule has 0 amide bonds. The van der Waals surface area contributed by atoms with E-state index in [1.807, 2.05) is 18.2 Å². The molecule has 1 fully saturated rings. The molecule has 2 heteroatoms. The number of benzene rings is 1. The molecule has 0 unspecified atom stereocenters. The molecule has 0 bridgehead atoms. The number of hydrogen-bond donors (Lipinski definition) is 0. The third kappa shape index (κ3) is 3.09. The molecule has 1 aliphatic rings. The van der Waals surface area contributed by atoms with Crippen LogP contribution < -0.4 is 4.74 Å². The normalized spacial score (nSPS) is 16.0. The van der Waals surface area contributed by atoms with Gasteiger partial charge in [-0.1, -0.05) is 26.0 Å². The second kappa shape index (κ2) is 4.69. The minimum absolute atomic E-state index is 0.213. The Labute approximate surface area is 95.9 Å². The predicted molar refractivity (Wildman–Crippen MR) is 63.9 cm³/mol. The van der Waals surface area contributed by atoms with Crippen molar-refractivity contribution in [3.63, 3.8) is 0 Å². The van der Waals surface area contributed by atoms with E-state index < -0.39 is 0 Å². The van der Waals surface area contributed by atoms with Crippen LogP contribution in [0, 0.1) is 11.7 Å². The molecule has 1 nitrogen and oxygen atoms in total. The SMILES string of the molecule is CC(C)/C=C/c1ccc(OC2CC2)cc1F. The van der Waals surface area contributed by atoms with Gasteiger partial charge in [0.25, 0.3) is 0 Å². The molecule has 0 N–H and O–H groups in total. The van der Waals surface area contributed by atoms with Crippen molar-refractivity contribution in [1.82, 2.24) is 0 Å². The molecule has 0 heterocycles. The Morgan fingerprint density at radius 1 is 1.38 bits per heavy atom. The lowest BCUT2D eigenvalue weighted by atomic mass is 10.1. The maximum atomic E-state index is 13.6. The number of allylic oxidation sites excluding steroid dienone is 1. The minimum atomic E-state index is -0.213. The molecule has 2 rings (SSSR count). The predicted octanol–water partition coefficient (Wildman–Crippen LogP) is 4.04. The monoisotopic (exact) mass is 220 g/mol. The molecule has 0 radical (unpaired) electrons. The van der Waals surface area contributed by atoms with E-state index in [1.165, 1.54) is 6.07 Å². The van der Waals surface area contributed by atoms with Gasteiger partial charge in [-0.05, 0) is 30.9 Å². The fourth-order valence-electron chi connectivity index (χ4n) is 1.39. The Balaban J connectivity index is 2.09. The third-order valence-electron chi connectivity index (χ3n) is 2.46. The summed E-state index contributed by atoms with van der Waals surface area (Å²) >= 11 is 0.